The van der Waals surface area contributed by atoms with Crippen LogP contribution in [0.4, 0.5) is 0 Å². The van der Waals surface area contributed by atoms with Gasteiger partial charge >= 0.3 is 0 Å². The van der Waals surface area contributed by atoms with Crippen LogP contribution in [0.5, 0.6) is 0 Å². The predicted octanol–water partition coefficient (Wildman–Crippen LogP) is 1.76. The molecule has 4 heteroatoms. The van der Waals surface area contributed by atoms with E-state index >= 15 is 0 Å². The van der Waals surface area contributed by atoms with Gasteiger partial charge in [0, 0.05) is 0 Å². The molecule has 2 saturated carbocycles. The van der Waals surface area contributed by atoms with Crippen molar-refractivity contribution in [2.24, 2.45) is 33.8 Å². The minimum atomic E-state index is -0.582. The molecule has 4 nitrogen and oxygen atoms in total. The Morgan fingerprint density at radius 2 is 0.947 bits per heavy atom. The lowest BCUT2D eigenvalue weighted by Gasteiger charge is -2.56. The molecule has 0 aliphatic heterocycles. The Morgan fingerprint density at radius 3 is 1.26 bits per heavy atom. The molecular weight excluding hydrogens is 236 g/mol. The quantitative estimate of drug-likeness (QED) is 0.573. The molecule has 0 aromatic carbocycles. The first-order valence-corrected chi connectivity index (χ1v) is 7.78. The zero-order valence-corrected chi connectivity index (χ0v) is 12.7. The van der Waals surface area contributed by atoms with Crippen LogP contribution in [0, 0.1) is 10.8 Å². The number of hydrogen-bond donors (Lipinski definition) is 4. The average Bonchev–Trinajstić information content (AvgIpc) is 2.27. The molecule has 0 bridgehead atoms. The molecule has 0 aromatic heterocycles. The standard InChI is InChI=1S/C15H32N4/c1-12(7-3-5-9-14(12,16)17)11-13(2)8-4-6-10-15(13,18)19/h3-11,16-19H2,1-2H3. The molecule has 0 aromatic rings. The zero-order valence-electron chi connectivity index (χ0n) is 12.7. The molecule has 0 radical (unpaired) electrons. The Morgan fingerprint density at radius 1 is 0.632 bits per heavy atom. The van der Waals surface area contributed by atoms with Gasteiger partial charge in [-0.05, 0) is 42.9 Å². The van der Waals surface area contributed by atoms with Crippen molar-refractivity contribution in [3.63, 3.8) is 0 Å². The Hall–Kier alpha value is -0.160. The zero-order chi connectivity index (χ0) is 14.4. The summed E-state index contributed by atoms with van der Waals surface area (Å²) in [6.07, 6.45) is 9.63. The number of hydrogen-bond acceptors (Lipinski definition) is 4. The minimum absolute atomic E-state index is 0.0542. The highest BCUT2D eigenvalue weighted by Crippen LogP contribution is 2.53. The molecule has 2 rings (SSSR count). The fourth-order valence-electron chi connectivity index (χ4n) is 4.30. The summed E-state index contributed by atoms with van der Waals surface area (Å²) in [4.78, 5) is 0. The van der Waals surface area contributed by atoms with E-state index in [0.29, 0.717) is 0 Å². The minimum Gasteiger partial charge on any atom is -0.313 e. The smallest absolute Gasteiger partial charge is 0.0691 e. The SMILES string of the molecule is CC1(CC2(C)CCCCC2(N)N)CCCCC1(N)N. The fourth-order valence-corrected chi connectivity index (χ4v) is 4.30. The molecule has 0 heterocycles. The van der Waals surface area contributed by atoms with Gasteiger partial charge in [-0.15, -0.1) is 0 Å². The molecule has 2 aliphatic carbocycles. The van der Waals surface area contributed by atoms with Crippen molar-refractivity contribution in [2.75, 3.05) is 0 Å². The molecule has 0 amide bonds. The summed E-state index contributed by atoms with van der Waals surface area (Å²) in [5.41, 5.74) is 24.4. The van der Waals surface area contributed by atoms with Crippen LogP contribution in [0.2, 0.25) is 0 Å². The normalized spacial score (nSPS) is 42.0. The highest BCUT2D eigenvalue weighted by Gasteiger charge is 2.53. The van der Waals surface area contributed by atoms with Crippen LogP contribution in [0.1, 0.15) is 71.6 Å². The van der Waals surface area contributed by atoms with Crippen LogP contribution in [-0.2, 0) is 0 Å². The molecule has 2 atom stereocenters. The number of nitrogens with two attached hydrogens (primary N) is 4. The average molecular weight is 268 g/mol. The van der Waals surface area contributed by atoms with Crippen LogP contribution < -0.4 is 22.9 Å². The summed E-state index contributed by atoms with van der Waals surface area (Å²) in [5, 5.41) is 0. The lowest BCUT2D eigenvalue weighted by atomic mass is 9.55. The Balaban J connectivity index is 2.22. The van der Waals surface area contributed by atoms with Gasteiger partial charge in [0.25, 0.3) is 0 Å². The van der Waals surface area contributed by atoms with Crippen molar-refractivity contribution >= 4 is 0 Å². The molecular formula is C15H32N4. The topological polar surface area (TPSA) is 104 Å². The van der Waals surface area contributed by atoms with E-state index in [9.17, 15) is 0 Å². The van der Waals surface area contributed by atoms with E-state index in [-0.39, 0.29) is 10.8 Å². The van der Waals surface area contributed by atoms with Crippen LogP contribution in [0.25, 0.3) is 0 Å². The van der Waals surface area contributed by atoms with Gasteiger partial charge in [-0.1, -0.05) is 39.5 Å². The van der Waals surface area contributed by atoms with Gasteiger partial charge in [-0.25, -0.2) is 0 Å². The Labute approximate surface area is 117 Å². The van der Waals surface area contributed by atoms with E-state index in [1.165, 1.54) is 12.8 Å². The van der Waals surface area contributed by atoms with Gasteiger partial charge in [-0.2, -0.15) is 0 Å². The van der Waals surface area contributed by atoms with Gasteiger partial charge in [0.2, 0.25) is 0 Å². The lowest BCUT2D eigenvalue weighted by Crippen LogP contribution is -2.68. The monoisotopic (exact) mass is 268 g/mol. The fraction of sp³-hybridized carbons (Fsp3) is 1.00. The summed E-state index contributed by atoms with van der Waals surface area (Å²) < 4.78 is 0. The van der Waals surface area contributed by atoms with E-state index in [1.54, 1.807) is 0 Å². The Kier molecular flexibility index (Phi) is 3.76. The summed E-state index contributed by atoms with van der Waals surface area (Å²) in [5.74, 6) is 0. The molecule has 0 saturated heterocycles. The summed E-state index contributed by atoms with van der Waals surface area (Å²) in [6.45, 7) is 4.48. The lowest BCUT2D eigenvalue weighted by molar-refractivity contribution is -0.0240. The van der Waals surface area contributed by atoms with Crippen molar-refractivity contribution in [3.05, 3.63) is 0 Å². The van der Waals surface area contributed by atoms with E-state index in [0.717, 1.165) is 44.9 Å². The van der Waals surface area contributed by atoms with Crippen molar-refractivity contribution in [1.82, 2.24) is 0 Å². The molecule has 8 N–H and O–H groups in total. The highest BCUT2D eigenvalue weighted by atomic mass is 15.0. The third kappa shape index (κ3) is 2.56. The molecule has 2 unspecified atom stereocenters. The third-order valence-corrected chi connectivity index (χ3v) is 6.17. The van der Waals surface area contributed by atoms with Crippen LogP contribution in [-0.4, -0.2) is 11.3 Å². The van der Waals surface area contributed by atoms with E-state index in [4.69, 9.17) is 22.9 Å². The molecule has 19 heavy (non-hydrogen) atoms. The van der Waals surface area contributed by atoms with Crippen LogP contribution in [0.3, 0.4) is 0 Å². The van der Waals surface area contributed by atoms with Gasteiger partial charge in [-0.3, -0.25) is 0 Å². The van der Waals surface area contributed by atoms with E-state index < -0.39 is 11.3 Å². The molecule has 112 valence electrons. The van der Waals surface area contributed by atoms with Crippen molar-refractivity contribution in [3.8, 4) is 0 Å². The van der Waals surface area contributed by atoms with Gasteiger partial charge in [0.05, 0.1) is 11.3 Å². The van der Waals surface area contributed by atoms with Gasteiger partial charge in [0.1, 0.15) is 0 Å². The largest absolute Gasteiger partial charge is 0.313 e. The van der Waals surface area contributed by atoms with Crippen molar-refractivity contribution < 1.29 is 0 Å². The van der Waals surface area contributed by atoms with Crippen LogP contribution in [0.15, 0.2) is 0 Å². The summed E-state index contributed by atoms with van der Waals surface area (Å²) in [6, 6.07) is 0. The molecule has 2 fully saturated rings. The first kappa shape index (κ1) is 15.2. The second kappa shape index (κ2) is 4.69. The van der Waals surface area contributed by atoms with Crippen molar-refractivity contribution in [1.29, 1.82) is 0 Å². The Bertz CT molecular complexity index is 307. The van der Waals surface area contributed by atoms with Crippen molar-refractivity contribution in [2.45, 2.75) is 83.0 Å². The predicted molar refractivity (Wildman–Crippen MR) is 80.0 cm³/mol. The first-order valence-electron chi connectivity index (χ1n) is 7.78. The molecule has 2 aliphatic rings. The molecule has 0 spiro atoms. The maximum absolute atomic E-state index is 6.42. The third-order valence-electron chi connectivity index (χ3n) is 6.17. The number of rotatable bonds is 2. The summed E-state index contributed by atoms with van der Waals surface area (Å²) in [7, 11) is 0. The highest BCUT2D eigenvalue weighted by molar-refractivity contribution is 5.07. The first-order chi connectivity index (χ1) is 8.62. The second-order valence-electron chi connectivity index (χ2n) is 7.79. The van der Waals surface area contributed by atoms with Gasteiger partial charge < -0.3 is 22.9 Å². The van der Waals surface area contributed by atoms with E-state index in [1.807, 2.05) is 0 Å². The van der Waals surface area contributed by atoms with Gasteiger partial charge in [0.15, 0.2) is 0 Å². The van der Waals surface area contributed by atoms with Crippen LogP contribution >= 0.6 is 0 Å². The maximum Gasteiger partial charge on any atom is 0.0691 e. The summed E-state index contributed by atoms with van der Waals surface area (Å²) >= 11 is 0. The second-order valence-corrected chi connectivity index (χ2v) is 7.79. The maximum atomic E-state index is 6.42. The van der Waals surface area contributed by atoms with E-state index in [2.05, 4.69) is 13.8 Å².